The van der Waals surface area contributed by atoms with Crippen LogP contribution in [0.5, 0.6) is 0 Å². The van der Waals surface area contributed by atoms with Crippen molar-refractivity contribution in [3.8, 4) is 0 Å². The monoisotopic (exact) mass is 879 g/mol. The Labute approximate surface area is 364 Å². The third kappa shape index (κ3) is 38.7. The van der Waals surface area contributed by atoms with Crippen LogP contribution in [0, 0.1) is 0 Å². The first-order valence-electron chi connectivity index (χ1n) is 21.6. The number of nitrogens with zero attached hydrogens (tertiary/aromatic N) is 1. The van der Waals surface area contributed by atoms with Gasteiger partial charge in [0.25, 0.3) is 0 Å². The summed E-state index contributed by atoms with van der Waals surface area (Å²) in [4.78, 5) is 25.5. The first-order chi connectivity index (χ1) is 29.7. The minimum atomic E-state index is -0.517. The highest BCUT2D eigenvalue weighted by molar-refractivity contribution is 5.89. The van der Waals surface area contributed by atoms with Gasteiger partial charge in [-0.05, 0) is 51.5 Å². The largest absolute Gasteiger partial charge is 0.460 e. The molecule has 1 amide bonds. The number of carbonyl (C=O) groups excluding carboxylic acids is 2. The molecule has 0 bridgehead atoms. The third-order valence-electron chi connectivity index (χ3n) is 7.81. The zero-order valence-electron chi connectivity index (χ0n) is 37.8. The van der Waals surface area contributed by atoms with Gasteiger partial charge in [-0.25, -0.2) is 9.59 Å². The van der Waals surface area contributed by atoms with Crippen LogP contribution in [0.2, 0.25) is 0 Å². The summed E-state index contributed by atoms with van der Waals surface area (Å²) in [5.74, 6) is -0.366. The molecule has 61 heavy (non-hydrogen) atoms. The highest BCUT2D eigenvalue weighted by atomic mass is 16.6. The first-order valence-corrected chi connectivity index (χ1v) is 21.6. The van der Waals surface area contributed by atoms with Gasteiger partial charge in [-0.3, -0.25) is 0 Å². The lowest BCUT2D eigenvalue weighted by molar-refractivity contribution is -0.0289. The van der Waals surface area contributed by atoms with E-state index in [1.165, 1.54) is 4.90 Å². The predicted octanol–water partition coefficient (Wildman–Crippen LogP) is 4.12. The van der Waals surface area contributed by atoms with Gasteiger partial charge in [-0.1, -0.05) is 13.3 Å². The fourth-order valence-corrected chi connectivity index (χ4v) is 4.56. The Morgan fingerprint density at radius 3 is 1.11 bits per heavy atom. The topological polar surface area (TPSA) is 179 Å². The molecule has 1 N–H and O–H groups in total. The SMILES string of the molecule is CCCCNc1ccc(C(=O)OCCOCCOCCOCCOCCOCCOCCOCCOCCOCCOCCOCCOCCN(C)C(=O)OC(C)(C)C)cc1. The molecule has 18 nitrogen and oxygen atoms in total. The number of carbonyl (C=O) groups is 2. The second kappa shape index (κ2) is 41.3. The number of rotatable bonds is 44. The molecule has 0 aliphatic rings. The molecule has 0 aliphatic carbocycles. The van der Waals surface area contributed by atoms with Crippen LogP contribution in [-0.4, -0.2) is 208 Å². The second-order valence-electron chi connectivity index (χ2n) is 14.2. The summed E-state index contributed by atoms with van der Waals surface area (Å²) >= 11 is 0. The molecule has 0 saturated heterocycles. The van der Waals surface area contributed by atoms with Gasteiger partial charge in [-0.15, -0.1) is 0 Å². The van der Waals surface area contributed by atoms with Crippen molar-refractivity contribution in [2.75, 3.05) is 191 Å². The lowest BCUT2D eigenvalue weighted by Gasteiger charge is -2.24. The smallest absolute Gasteiger partial charge is 0.410 e. The molecule has 356 valence electrons. The summed E-state index contributed by atoms with van der Waals surface area (Å²) < 4.78 is 76.4. The van der Waals surface area contributed by atoms with Crippen LogP contribution in [0.25, 0.3) is 0 Å². The number of hydrogen-bond donors (Lipinski definition) is 1. The number of amides is 1. The third-order valence-corrected chi connectivity index (χ3v) is 7.81. The highest BCUT2D eigenvalue weighted by Crippen LogP contribution is 2.11. The molecule has 0 unspecified atom stereocenters. The van der Waals surface area contributed by atoms with Gasteiger partial charge in [0.15, 0.2) is 0 Å². The van der Waals surface area contributed by atoms with Crippen molar-refractivity contribution < 1.29 is 75.9 Å². The van der Waals surface area contributed by atoms with Crippen molar-refractivity contribution >= 4 is 17.7 Å². The Bertz CT molecular complexity index is 1130. The molecule has 0 aliphatic heterocycles. The van der Waals surface area contributed by atoms with Gasteiger partial charge >= 0.3 is 12.1 Å². The minimum absolute atomic E-state index is 0.183. The molecular weight excluding hydrogens is 800 g/mol. The molecule has 0 atom stereocenters. The quantitative estimate of drug-likeness (QED) is 0.0731. The fraction of sp³-hybridized carbons (Fsp3) is 0.814. The van der Waals surface area contributed by atoms with Crippen molar-refractivity contribution in [3.05, 3.63) is 29.8 Å². The van der Waals surface area contributed by atoms with E-state index < -0.39 is 5.60 Å². The van der Waals surface area contributed by atoms with E-state index in [9.17, 15) is 9.59 Å². The maximum atomic E-state index is 12.2. The summed E-state index contributed by atoms with van der Waals surface area (Å²) in [7, 11) is 1.68. The molecular formula is C43H78N2O16. The maximum absolute atomic E-state index is 12.2. The number of anilines is 1. The molecule has 1 rings (SSSR count). The Morgan fingerprint density at radius 2 is 0.803 bits per heavy atom. The van der Waals surface area contributed by atoms with Crippen molar-refractivity contribution in [2.45, 2.75) is 46.1 Å². The summed E-state index contributed by atoms with van der Waals surface area (Å²) in [5.41, 5.74) is 0.989. The minimum Gasteiger partial charge on any atom is -0.460 e. The first kappa shape index (κ1) is 56.3. The Kier molecular flexibility index (Phi) is 38.1. The number of ether oxygens (including phenoxy) is 14. The van der Waals surface area contributed by atoms with E-state index in [-0.39, 0.29) is 18.7 Å². The Morgan fingerprint density at radius 1 is 0.492 bits per heavy atom. The molecule has 0 spiro atoms. The lowest BCUT2D eigenvalue weighted by Crippen LogP contribution is -2.36. The summed E-state index contributed by atoms with van der Waals surface area (Å²) in [6, 6.07) is 7.28. The molecule has 1 aromatic carbocycles. The van der Waals surface area contributed by atoms with Crippen molar-refractivity contribution in [3.63, 3.8) is 0 Å². The zero-order valence-corrected chi connectivity index (χ0v) is 37.8. The zero-order chi connectivity index (χ0) is 44.3. The number of likely N-dealkylation sites (N-methyl/N-ethyl adjacent to an activating group) is 1. The van der Waals surface area contributed by atoms with Gasteiger partial charge in [0.1, 0.15) is 12.2 Å². The highest BCUT2D eigenvalue weighted by Gasteiger charge is 2.19. The van der Waals surface area contributed by atoms with Crippen LogP contribution >= 0.6 is 0 Å². The Balaban J connectivity index is 1.68. The molecule has 1 aromatic rings. The van der Waals surface area contributed by atoms with Gasteiger partial charge in [0.2, 0.25) is 0 Å². The van der Waals surface area contributed by atoms with E-state index in [0.29, 0.717) is 171 Å². The standard InChI is InChI=1S/C43H78N2O16/c1-6-7-12-44-40-10-8-39(9-11-40)41(46)60-38-37-59-36-35-58-34-33-57-32-31-56-30-29-55-28-27-54-26-25-53-24-23-52-22-21-51-20-19-50-18-17-49-16-15-48-14-13-45(5)42(47)61-43(2,3)4/h8-11,44H,6-7,12-38H2,1-5H3. The van der Waals surface area contributed by atoms with Crippen LogP contribution in [0.1, 0.15) is 50.9 Å². The van der Waals surface area contributed by atoms with E-state index in [1.807, 2.05) is 32.9 Å². The second-order valence-corrected chi connectivity index (χ2v) is 14.2. The van der Waals surface area contributed by atoms with Gasteiger partial charge in [-0.2, -0.15) is 0 Å². The fourth-order valence-electron chi connectivity index (χ4n) is 4.56. The average Bonchev–Trinajstić information content (AvgIpc) is 3.24. The lowest BCUT2D eigenvalue weighted by atomic mass is 10.2. The van der Waals surface area contributed by atoms with E-state index in [4.69, 9.17) is 66.3 Å². The van der Waals surface area contributed by atoms with Crippen LogP contribution in [0.3, 0.4) is 0 Å². The maximum Gasteiger partial charge on any atom is 0.410 e. The number of hydrogen-bond acceptors (Lipinski definition) is 17. The number of unbranched alkanes of at least 4 members (excludes halogenated alkanes) is 1. The van der Waals surface area contributed by atoms with Gasteiger partial charge < -0.3 is 76.5 Å². The number of nitrogens with one attached hydrogen (secondary N) is 1. The average molecular weight is 879 g/mol. The van der Waals surface area contributed by atoms with E-state index in [2.05, 4.69) is 12.2 Å². The molecule has 0 aromatic heterocycles. The Hall–Kier alpha value is -2.72. The van der Waals surface area contributed by atoms with Crippen LogP contribution in [0.15, 0.2) is 24.3 Å². The van der Waals surface area contributed by atoms with Gasteiger partial charge in [0, 0.05) is 25.8 Å². The van der Waals surface area contributed by atoms with Crippen LogP contribution in [-0.2, 0) is 66.3 Å². The van der Waals surface area contributed by atoms with Crippen LogP contribution in [0.4, 0.5) is 10.5 Å². The van der Waals surface area contributed by atoms with E-state index >= 15 is 0 Å². The predicted molar refractivity (Wildman–Crippen MR) is 229 cm³/mol. The van der Waals surface area contributed by atoms with Crippen molar-refractivity contribution in [2.24, 2.45) is 0 Å². The molecule has 0 heterocycles. The van der Waals surface area contributed by atoms with E-state index in [1.54, 1.807) is 19.2 Å². The summed E-state index contributed by atoms with van der Waals surface area (Å²) in [6.07, 6.45) is 1.87. The molecule has 0 saturated carbocycles. The molecule has 0 radical (unpaired) electrons. The summed E-state index contributed by atoms with van der Waals surface area (Å²) in [6.45, 7) is 20.2. The normalized spacial score (nSPS) is 11.6. The van der Waals surface area contributed by atoms with E-state index in [0.717, 1.165) is 25.1 Å². The van der Waals surface area contributed by atoms with Gasteiger partial charge in [0.05, 0.1) is 164 Å². The van der Waals surface area contributed by atoms with Crippen LogP contribution < -0.4 is 5.32 Å². The molecule has 0 fully saturated rings. The summed E-state index contributed by atoms with van der Waals surface area (Å²) in [5, 5.41) is 3.32. The van der Waals surface area contributed by atoms with Crippen molar-refractivity contribution in [1.82, 2.24) is 4.90 Å². The van der Waals surface area contributed by atoms with Crippen molar-refractivity contribution in [1.29, 1.82) is 0 Å². The number of esters is 1. The number of benzene rings is 1. The molecule has 18 heteroatoms.